The molecule has 0 bridgehead atoms. The summed E-state index contributed by atoms with van der Waals surface area (Å²) in [5.41, 5.74) is 2.75. The van der Waals surface area contributed by atoms with Gasteiger partial charge in [-0.3, -0.25) is 19.1 Å². The number of H-pyrrole nitrogens is 1. The summed E-state index contributed by atoms with van der Waals surface area (Å²) < 4.78 is 1.72. The number of rotatable bonds is 6. The molecule has 2 aromatic rings. The standard InChI is InChI=1S/C18H23N5O3/c1-10-18(12(3)24)11(2)23(22-10)5-4-16(25)21-14-6-13(7-14)15-8-17(26)20-9-19-15/h8-9,13-14H,4-7H2,1-3H3,(H,21,25)(H,19,20,26). The maximum atomic E-state index is 12.2. The molecule has 2 heterocycles. The molecule has 0 saturated heterocycles. The smallest absolute Gasteiger partial charge is 0.250 e. The highest BCUT2D eigenvalue weighted by molar-refractivity contribution is 5.96. The van der Waals surface area contributed by atoms with Crippen molar-refractivity contribution < 1.29 is 9.59 Å². The Balaban J connectivity index is 1.48. The highest BCUT2D eigenvalue weighted by Gasteiger charge is 2.32. The van der Waals surface area contributed by atoms with Gasteiger partial charge in [-0.05, 0) is 33.6 Å². The van der Waals surface area contributed by atoms with Gasteiger partial charge in [0, 0.05) is 36.7 Å². The van der Waals surface area contributed by atoms with Crippen molar-refractivity contribution in [1.82, 2.24) is 25.1 Å². The molecule has 0 aromatic carbocycles. The Bertz CT molecular complexity index is 892. The molecule has 0 radical (unpaired) electrons. The van der Waals surface area contributed by atoms with Crippen molar-refractivity contribution >= 4 is 11.7 Å². The average Bonchev–Trinajstić information content (AvgIpc) is 2.82. The lowest BCUT2D eigenvalue weighted by molar-refractivity contribution is -0.122. The van der Waals surface area contributed by atoms with Crippen LogP contribution in [0.15, 0.2) is 17.2 Å². The van der Waals surface area contributed by atoms with Crippen molar-refractivity contribution in [2.24, 2.45) is 0 Å². The lowest BCUT2D eigenvalue weighted by atomic mass is 9.78. The van der Waals surface area contributed by atoms with Crippen LogP contribution in [0.5, 0.6) is 0 Å². The highest BCUT2D eigenvalue weighted by atomic mass is 16.1. The molecule has 0 unspecified atom stereocenters. The van der Waals surface area contributed by atoms with E-state index < -0.39 is 0 Å². The Morgan fingerprint density at radius 1 is 1.35 bits per heavy atom. The number of aryl methyl sites for hydroxylation is 2. The lowest BCUT2D eigenvalue weighted by Gasteiger charge is -2.35. The molecule has 1 amide bonds. The summed E-state index contributed by atoms with van der Waals surface area (Å²) in [5, 5.41) is 7.36. The summed E-state index contributed by atoms with van der Waals surface area (Å²) in [7, 11) is 0. The van der Waals surface area contributed by atoms with Crippen molar-refractivity contribution in [3.05, 3.63) is 45.4 Å². The van der Waals surface area contributed by atoms with E-state index >= 15 is 0 Å². The lowest BCUT2D eigenvalue weighted by Crippen LogP contribution is -2.44. The van der Waals surface area contributed by atoms with Crippen molar-refractivity contribution in [2.75, 3.05) is 0 Å². The number of aromatic amines is 1. The highest BCUT2D eigenvalue weighted by Crippen LogP contribution is 2.35. The zero-order valence-corrected chi connectivity index (χ0v) is 15.2. The Labute approximate surface area is 151 Å². The predicted molar refractivity (Wildman–Crippen MR) is 95.1 cm³/mol. The Kier molecular flexibility index (Phi) is 5.01. The second-order valence-electron chi connectivity index (χ2n) is 6.84. The van der Waals surface area contributed by atoms with E-state index in [9.17, 15) is 14.4 Å². The summed E-state index contributed by atoms with van der Waals surface area (Å²) in [6.45, 7) is 5.62. The Hall–Kier alpha value is -2.77. The third kappa shape index (κ3) is 3.74. The Morgan fingerprint density at radius 2 is 2.08 bits per heavy atom. The van der Waals surface area contributed by atoms with Crippen molar-refractivity contribution in [3.8, 4) is 0 Å². The minimum atomic E-state index is -0.155. The summed E-state index contributed by atoms with van der Waals surface area (Å²) >= 11 is 0. The molecule has 2 N–H and O–H groups in total. The number of ketones is 1. The van der Waals surface area contributed by atoms with Crippen LogP contribution in [0.25, 0.3) is 0 Å². The van der Waals surface area contributed by atoms with Crippen LogP contribution >= 0.6 is 0 Å². The molecule has 2 aromatic heterocycles. The molecule has 1 saturated carbocycles. The second kappa shape index (κ2) is 7.23. The fraction of sp³-hybridized carbons (Fsp3) is 0.500. The van der Waals surface area contributed by atoms with Crippen molar-refractivity contribution in [2.45, 2.75) is 58.5 Å². The fourth-order valence-corrected chi connectivity index (χ4v) is 3.52. The number of carbonyl (C=O) groups is 2. The van der Waals surface area contributed by atoms with Gasteiger partial charge in [-0.1, -0.05) is 0 Å². The number of carbonyl (C=O) groups excluding carboxylic acids is 2. The number of nitrogens with zero attached hydrogens (tertiary/aromatic N) is 3. The maximum absolute atomic E-state index is 12.2. The molecule has 26 heavy (non-hydrogen) atoms. The maximum Gasteiger partial charge on any atom is 0.250 e. The number of hydrogen-bond donors (Lipinski definition) is 2. The number of amides is 1. The molecule has 8 nitrogen and oxygen atoms in total. The van der Waals surface area contributed by atoms with E-state index in [1.165, 1.54) is 19.3 Å². The molecule has 1 aliphatic rings. The van der Waals surface area contributed by atoms with Crippen LogP contribution < -0.4 is 10.9 Å². The van der Waals surface area contributed by atoms with Gasteiger partial charge in [0.05, 0.1) is 23.3 Å². The monoisotopic (exact) mass is 357 g/mol. The van der Waals surface area contributed by atoms with Gasteiger partial charge < -0.3 is 10.3 Å². The predicted octanol–water partition coefficient (Wildman–Crippen LogP) is 1.24. The first-order valence-corrected chi connectivity index (χ1v) is 8.74. The molecular formula is C18H23N5O3. The zero-order valence-electron chi connectivity index (χ0n) is 15.2. The molecule has 138 valence electrons. The van der Waals surface area contributed by atoms with Gasteiger partial charge in [-0.15, -0.1) is 0 Å². The van der Waals surface area contributed by atoms with Crippen molar-refractivity contribution in [1.29, 1.82) is 0 Å². The van der Waals surface area contributed by atoms with E-state index in [0.29, 0.717) is 24.2 Å². The first-order chi connectivity index (χ1) is 12.3. The van der Waals surface area contributed by atoms with Crippen LogP contribution in [-0.2, 0) is 11.3 Å². The van der Waals surface area contributed by atoms with E-state index in [2.05, 4.69) is 20.4 Å². The number of Topliss-reactive ketones (excluding diaryl/α,β-unsaturated/α-hetero) is 1. The van der Waals surface area contributed by atoms with Gasteiger partial charge in [0.25, 0.3) is 5.56 Å². The zero-order chi connectivity index (χ0) is 18.8. The molecule has 1 fully saturated rings. The molecular weight excluding hydrogens is 334 g/mol. The third-order valence-electron chi connectivity index (χ3n) is 4.91. The summed E-state index contributed by atoms with van der Waals surface area (Å²) in [5.74, 6) is 0.172. The minimum absolute atomic E-state index is 0.00966. The van der Waals surface area contributed by atoms with Gasteiger partial charge in [0.2, 0.25) is 5.91 Å². The van der Waals surface area contributed by atoms with Crippen molar-refractivity contribution in [3.63, 3.8) is 0 Å². The van der Waals surface area contributed by atoms with Gasteiger partial charge in [-0.25, -0.2) is 4.98 Å². The molecule has 1 aliphatic carbocycles. The topological polar surface area (TPSA) is 110 Å². The van der Waals surface area contributed by atoms with Crippen LogP contribution in [0.4, 0.5) is 0 Å². The van der Waals surface area contributed by atoms with Gasteiger partial charge in [0.15, 0.2) is 5.78 Å². The third-order valence-corrected chi connectivity index (χ3v) is 4.91. The molecule has 0 atom stereocenters. The number of aromatic nitrogens is 4. The fourth-order valence-electron chi connectivity index (χ4n) is 3.52. The van der Waals surface area contributed by atoms with E-state index in [-0.39, 0.29) is 29.2 Å². The average molecular weight is 357 g/mol. The van der Waals surface area contributed by atoms with E-state index in [0.717, 1.165) is 24.2 Å². The van der Waals surface area contributed by atoms with Crippen LogP contribution in [0.2, 0.25) is 0 Å². The minimum Gasteiger partial charge on any atom is -0.353 e. The van der Waals surface area contributed by atoms with Crippen LogP contribution in [-0.4, -0.2) is 37.5 Å². The molecule has 3 rings (SSSR count). The molecule has 8 heteroatoms. The van der Waals surface area contributed by atoms with Crippen LogP contribution in [0.1, 0.15) is 59.5 Å². The molecule has 0 spiro atoms. The Morgan fingerprint density at radius 3 is 2.69 bits per heavy atom. The number of nitrogens with one attached hydrogen (secondary N) is 2. The normalized spacial score (nSPS) is 19.0. The van der Waals surface area contributed by atoms with Crippen LogP contribution in [0.3, 0.4) is 0 Å². The molecule has 0 aliphatic heterocycles. The first kappa shape index (κ1) is 18.0. The van der Waals surface area contributed by atoms with Gasteiger partial charge >= 0.3 is 0 Å². The second-order valence-corrected chi connectivity index (χ2v) is 6.84. The first-order valence-electron chi connectivity index (χ1n) is 8.74. The van der Waals surface area contributed by atoms with Crippen LogP contribution in [0, 0.1) is 13.8 Å². The number of hydrogen-bond acceptors (Lipinski definition) is 5. The quantitative estimate of drug-likeness (QED) is 0.756. The van der Waals surface area contributed by atoms with Gasteiger partial charge in [-0.2, -0.15) is 5.10 Å². The summed E-state index contributed by atoms with van der Waals surface area (Å²) in [4.78, 5) is 41.8. The van der Waals surface area contributed by atoms with E-state index in [1.54, 1.807) is 11.6 Å². The summed E-state index contributed by atoms with van der Waals surface area (Å²) in [6.07, 6.45) is 3.30. The van der Waals surface area contributed by atoms with Gasteiger partial charge in [0.1, 0.15) is 0 Å². The van der Waals surface area contributed by atoms with E-state index in [4.69, 9.17) is 0 Å². The largest absolute Gasteiger partial charge is 0.353 e. The van der Waals surface area contributed by atoms with E-state index in [1.807, 2.05) is 6.92 Å². The summed E-state index contributed by atoms with van der Waals surface area (Å²) in [6, 6.07) is 1.62. The SMILES string of the molecule is CC(=O)c1c(C)nn(CCC(=O)NC2CC(c3cc(=O)[nH]cn3)C2)c1C.